The molecular weight excluding hydrogens is 309 g/mol. The highest BCUT2D eigenvalue weighted by atomic mass is 19.4. The number of alkyl halides is 3. The Morgan fingerprint density at radius 3 is 2.22 bits per heavy atom. The van der Waals surface area contributed by atoms with Crippen LogP contribution >= 0.6 is 0 Å². The Kier molecular flexibility index (Phi) is 6.56. The van der Waals surface area contributed by atoms with Crippen LogP contribution in [0.25, 0.3) is 6.08 Å². The molecule has 2 N–H and O–H groups in total. The summed E-state index contributed by atoms with van der Waals surface area (Å²) < 4.78 is 37.2. The molecule has 0 radical (unpaired) electrons. The number of halogens is 3. The van der Waals surface area contributed by atoms with Gasteiger partial charge >= 0.3 is 6.18 Å². The molecule has 0 atom stereocenters. The number of rotatable bonds is 6. The molecule has 1 aromatic rings. The van der Waals surface area contributed by atoms with Gasteiger partial charge in [-0.15, -0.1) is 0 Å². The van der Waals surface area contributed by atoms with Gasteiger partial charge in [-0.1, -0.05) is 18.7 Å². The van der Waals surface area contributed by atoms with Crippen LogP contribution in [-0.4, -0.2) is 24.9 Å². The van der Waals surface area contributed by atoms with Crippen LogP contribution in [0.1, 0.15) is 18.1 Å². The highest BCUT2D eigenvalue weighted by Gasteiger charge is 2.29. The molecule has 2 amide bonds. The first-order valence-electron chi connectivity index (χ1n) is 6.77. The van der Waals surface area contributed by atoms with Gasteiger partial charge in [0, 0.05) is 24.7 Å². The smallest absolute Gasteiger partial charge is 0.351 e. The van der Waals surface area contributed by atoms with Crippen molar-refractivity contribution in [1.29, 1.82) is 0 Å². The highest BCUT2D eigenvalue weighted by molar-refractivity contribution is 5.92. The van der Waals surface area contributed by atoms with Crippen molar-refractivity contribution in [2.24, 2.45) is 0 Å². The van der Waals surface area contributed by atoms with Gasteiger partial charge in [-0.3, -0.25) is 9.59 Å². The van der Waals surface area contributed by atoms with Gasteiger partial charge in [0.05, 0.1) is 5.56 Å². The topological polar surface area (TPSA) is 58.2 Å². The summed E-state index contributed by atoms with van der Waals surface area (Å²) in [6.45, 7) is 5.53. The molecule has 7 heteroatoms. The number of nitrogens with one attached hydrogen (secondary N) is 2. The van der Waals surface area contributed by atoms with Gasteiger partial charge in [0.15, 0.2) is 0 Å². The van der Waals surface area contributed by atoms with E-state index in [9.17, 15) is 22.8 Å². The Morgan fingerprint density at radius 2 is 1.70 bits per heavy atom. The lowest BCUT2D eigenvalue weighted by Gasteiger charge is -2.06. The van der Waals surface area contributed by atoms with Gasteiger partial charge in [0.1, 0.15) is 0 Å². The second-order valence-corrected chi connectivity index (χ2v) is 4.78. The summed E-state index contributed by atoms with van der Waals surface area (Å²) in [4.78, 5) is 22.7. The lowest BCUT2D eigenvalue weighted by Crippen LogP contribution is -2.34. The van der Waals surface area contributed by atoms with Gasteiger partial charge in [-0.2, -0.15) is 13.2 Å². The summed E-state index contributed by atoms with van der Waals surface area (Å²) in [5.41, 5.74) is 0.106. The van der Waals surface area contributed by atoms with E-state index in [0.29, 0.717) is 11.1 Å². The summed E-state index contributed by atoms with van der Waals surface area (Å²) in [5, 5.41) is 5.08. The van der Waals surface area contributed by atoms with Crippen molar-refractivity contribution in [2.75, 3.05) is 13.1 Å². The summed E-state index contributed by atoms with van der Waals surface area (Å²) >= 11 is 0. The fraction of sp³-hybridized carbons (Fsp3) is 0.250. The van der Waals surface area contributed by atoms with Gasteiger partial charge in [0.2, 0.25) is 11.8 Å². The number of benzene rings is 1. The molecule has 0 unspecified atom stereocenters. The SMILES string of the molecule is C=C(C)C(=O)NCCNC(=O)/C=C/c1ccc(C(F)(F)F)cc1. The van der Waals surface area contributed by atoms with E-state index in [1.807, 2.05) is 0 Å². The summed E-state index contributed by atoms with van der Waals surface area (Å²) in [5.74, 6) is -0.700. The molecule has 0 aliphatic rings. The largest absolute Gasteiger partial charge is 0.416 e. The molecule has 124 valence electrons. The molecule has 23 heavy (non-hydrogen) atoms. The third kappa shape index (κ3) is 6.82. The second-order valence-electron chi connectivity index (χ2n) is 4.78. The number of carbonyl (C=O) groups is 2. The number of carbonyl (C=O) groups excluding carboxylic acids is 2. The maximum Gasteiger partial charge on any atom is 0.416 e. The zero-order chi connectivity index (χ0) is 17.5. The predicted octanol–water partition coefficient (Wildman–Crippen LogP) is 2.53. The minimum Gasteiger partial charge on any atom is -0.351 e. The van der Waals surface area contributed by atoms with E-state index < -0.39 is 17.6 Å². The first kappa shape index (κ1) is 18.5. The van der Waals surface area contributed by atoms with Crippen LogP contribution in [0, 0.1) is 0 Å². The monoisotopic (exact) mass is 326 g/mol. The van der Waals surface area contributed by atoms with E-state index in [1.165, 1.54) is 24.3 Å². The predicted molar refractivity (Wildman–Crippen MR) is 81.3 cm³/mol. The van der Waals surface area contributed by atoms with Crippen molar-refractivity contribution in [3.63, 3.8) is 0 Å². The third-order valence-corrected chi connectivity index (χ3v) is 2.76. The molecule has 0 heterocycles. The lowest BCUT2D eigenvalue weighted by molar-refractivity contribution is -0.137. The first-order valence-corrected chi connectivity index (χ1v) is 6.77. The molecule has 0 bridgehead atoms. The van der Waals surface area contributed by atoms with Crippen LogP contribution in [-0.2, 0) is 15.8 Å². The van der Waals surface area contributed by atoms with Crippen molar-refractivity contribution < 1.29 is 22.8 Å². The van der Waals surface area contributed by atoms with Crippen LogP contribution in [0.15, 0.2) is 42.5 Å². The number of hydrogen-bond donors (Lipinski definition) is 2. The molecule has 0 aliphatic carbocycles. The van der Waals surface area contributed by atoms with E-state index in [4.69, 9.17) is 0 Å². The zero-order valence-corrected chi connectivity index (χ0v) is 12.5. The van der Waals surface area contributed by atoms with Crippen molar-refractivity contribution in [3.8, 4) is 0 Å². The molecule has 1 aromatic carbocycles. The molecular formula is C16H17F3N2O2. The van der Waals surface area contributed by atoms with E-state index in [0.717, 1.165) is 12.1 Å². The minimum absolute atomic E-state index is 0.231. The minimum atomic E-state index is -4.38. The van der Waals surface area contributed by atoms with Gasteiger partial charge in [0.25, 0.3) is 0 Å². The quantitative estimate of drug-likeness (QED) is 0.623. The fourth-order valence-electron chi connectivity index (χ4n) is 1.53. The summed E-state index contributed by atoms with van der Waals surface area (Å²) in [7, 11) is 0. The summed E-state index contributed by atoms with van der Waals surface area (Å²) in [6, 6.07) is 4.45. The van der Waals surface area contributed by atoms with Crippen LogP contribution in [0.2, 0.25) is 0 Å². The van der Waals surface area contributed by atoms with E-state index >= 15 is 0 Å². The Hall–Kier alpha value is -2.57. The molecule has 0 aromatic heterocycles. The standard InChI is InChI=1S/C16H17F3N2O2/c1-11(2)15(23)21-10-9-20-14(22)8-5-12-3-6-13(7-4-12)16(17,18)19/h3-8H,1,9-10H2,2H3,(H,20,22)(H,21,23)/b8-5+. The van der Waals surface area contributed by atoms with Crippen molar-refractivity contribution in [3.05, 3.63) is 53.6 Å². The average Bonchev–Trinajstić information content (AvgIpc) is 2.48. The second kappa shape index (κ2) is 8.17. The Labute approximate surface area is 132 Å². The summed E-state index contributed by atoms with van der Waals surface area (Å²) in [6.07, 6.45) is -1.76. The van der Waals surface area contributed by atoms with Crippen molar-refractivity contribution >= 4 is 17.9 Å². The zero-order valence-electron chi connectivity index (χ0n) is 12.5. The van der Waals surface area contributed by atoms with Gasteiger partial charge < -0.3 is 10.6 Å². The third-order valence-electron chi connectivity index (χ3n) is 2.76. The van der Waals surface area contributed by atoms with Crippen molar-refractivity contribution in [2.45, 2.75) is 13.1 Å². The average molecular weight is 326 g/mol. The molecule has 0 spiro atoms. The fourth-order valence-corrected chi connectivity index (χ4v) is 1.53. The lowest BCUT2D eigenvalue weighted by atomic mass is 10.1. The molecule has 4 nitrogen and oxygen atoms in total. The van der Waals surface area contributed by atoms with Gasteiger partial charge in [-0.05, 0) is 30.7 Å². The number of hydrogen-bond acceptors (Lipinski definition) is 2. The molecule has 1 rings (SSSR count). The number of amides is 2. The Bertz CT molecular complexity index is 605. The normalized spacial score (nSPS) is 11.3. The van der Waals surface area contributed by atoms with Crippen LogP contribution in [0.3, 0.4) is 0 Å². The van der Waals surface area contributed by atoms with E-state index in [-0.39, 0.29) is 19.0 Å². The molecule has 0 fully saturated rings. The Morgan fingerprint density at radius 1 is 1.13 bits per heavy atom. The maximum atomic E-state index is 12.4. The molecule has 0 saturated carbocycles. The maximum absolute atomic E-state index is 12.4. The van der Waals surface area contributed by atoms with Crippen LogP contribution < -0.4 is 10.6 Å². The van der Waals surface area contributed by atoms with Crippen molar-refractivity contribution in [1.82, 2.24) is 10.6 Å². The van der Waals surface area contributed by atoms with Crippen LogP contribution in [0.5, 0.6) is 0 Å². The first-order chi connectivity index (χ1) is 10.7. The van der Waals surface area contributed by atoms with E-state index in [2.05, 4.69) is 17.2 Å². The molecule has 0 saturated heterocycles. The van der Waals surface area contributed by atoms with Crippen LogP contribution in [0.4, 0.5) is 13.2 Å². The molecule has 0 aliphatic heterocycles. The van der Waals surface area contributed by atoms with E-state index in [1.54, 1.807) is 6.92 Å². The van der Waals surface area contributed by atoms with Gasteiger partial charge in [-0.25, -0.2) is 0 Å². The Balaban J connectivity index is 2.40. The highest BCUT2D eigenvalue weighted by Crippen LogP contribution is 2.29.